The molecule has 3 amide bonds. The number of nitrogens with one attached hydrogen (secondary N) is 1. The number of nitrogens with zero attached hydrogens (tertiary/aromatic N) is 3. The number of carbonyl (C=O) groups is 2. The number of amides is 3. The molecule has 2 heterocycles. The number of hydrogen-bond donors (Lipinski definition) is 1. The van der Waals surface area contributed by atoms with Gasteiger partial charge in [-0.3, -0.25) is 9.69 Å². The Balaban J connectivity index is 1.36. The summed E-state index contributed by atoms with van der Waals surface area (Å²) in [5, 5.41) is 3.42. The SMILES string of the molecule is O=C(Nc1c(Cl)cccc1Cl)N(CC(=O)N1c2ccccc2-n2cccc2C1c1ccc(F)cc1)C1CC1. The summed E-state index contributed by atoms with van der Waals surface area (Å²) in [6, 6.07) is 21.6. The Morgan fingerprint density at radius 2 is 1.58 bits per heavy atom. The Morgan fingerprint density at radius 3 is 2.26 bits per heavy atom. The van der Waals surface area contributed by atoms with Crippen LogP contribution in [0.15, 0.2) is 85.1 Å². The van der Waals surface area contributed by atoms with E-state index in [0.29, 0.717) is 21.4 Å². The van der Waals surface area contributed by atoms with Crippen LogP contribution in [0.5, 0.6) is 0 Å². The van der Waals surface area contributed by atoms with Gasteiger partial charge in [0.2, 0.25) is 5.91 Å². The zero-order chi connectivity index (χ0) is 26.4. The van der Waals surface area contributed by atoms with Gasteiger partial charge >= 0.3 is 6.03 Å². The minimum absolute atomic E-state index is 0.0617. The second-order valence-corrected chi connectivity index (χ2v) is 10.2. The van der Waals surface area contributed by atoms with E-state index in [1.54, 1.807) is 40.1 Å². The van der Waals surface area contributed by atoms with Crippen LogP contribution in [-0.2, 0) is 4.79 Å². The quantitative estimate of drug-likeness (QED) is 0.290. The fraction of sp³-hybridized carbons (Fsp3) is 0.172. The lowest BCUT2D eigenvalue weighted by molar-refractivity contribution is -0.119. The van der Waals surface area contributed by atoms with Crippen molar-refractivity contribution in [3.05, 3.63) is 112 Å². The third-order valence-corrected chi connectivity index (χ3v) is 7.55. The van der Waals surface area contributed by atoms with E-state index < -0.39 is 12.1 Å². The van der Waals surface area contributed by atoms with E-state index in [9.17, 15) is 14.0 Å². The van der Waals surface area contributed by atoms with Gasteiger partial charge in [0, 0.05) is 12.2 Å². The number of hydrogen-bond acceptors (Lipinski definition) is 2. The van der Waals surface area contributed by atoms with Gasteiger partial charge in [-0.15, -0.1) is 0 Å². The Bertz CT molecular complexity index is 1510. The van der Waals surface area contributed by atoms with Crippen LogP contribution in [0, 0.1) is 5.82 Å². The standard InChI is InChI=1S/C29H23Cl2FN4O2/c30-21-5-3-6-22(31)27(21)33-29(38)35(20-14-15-20)17-26(37)36-24-8-2-1-7-23(24)34-16-4-9-25(34)28(36)18-10-12-19(32)13-11-18/h1-13,16,20,28H,14-15,17H2,(H,33,38). The first-order valence-corrected chi connectivity index (χ1v) is 13.0. The van der Waals surface area contributed by atoms with E-state index in [0.717, 1.165) is 29.8 Å². The molecule has 1 aromatic heterocycles. The van der Waals surface area contributed by atoms with Crippen LogP contribution in [0.1, 0.15) is 30.1 Å². The van der Waals surface area contributed by atoms with Crippen molar-refractivity contribution in [2.45, 2.75) is 24.9 Å². The van der Waals surface area contributed by atoms with Gasteiger partial charge in [-0.2, -0.15) is 0 Å². The van der Waals surface area contributed by atoms with E-state index in [-0.39, 0.29) is 24.3 Å². The van der Waals surface area contributed by atoms with E-state index >= 15 is 0 Å². The molecule has 6 rings (SSSR count). The topological polar surface area (TPSA) is 57.6 Å². The maximum Gasteiger partial charge on any atom is 0.322 e. The van der Waals surface area contributed by atoms with Crippen LogP contribution in [0.2, 0.25) is 10.0 Å². The van der Waals surface area contributed by atoms with Crippen LogP contribution in [0.4, 0.5) is 20.6 Å². The van der Waals surface area contributed by atoms with Gasteiger partial charge in [0.05, 0.1) is 32.8 Å². The summed E-state index contributed by atoms with van der Waals surface area (Å²) in [4.78, 5) is 30.8. The summed E-state index contributed by atoms with van der Waals surface area (Å²) in [6.45, 7) is -0.148. The van der Waals surface area contributed by atoms with Crippen LogP contribution in [0.25, 0.3) is 5.69 Å². The monoisotopic (exact) mass is 548 g/mol. The number of urea groups is 1. The van der Waals surface area contributed by atoms with Crippen molar-refractivity contribution >= 4 is 46.5 Å². The molecule has 192 valence electrons. The summed E-state index contributed by atoms with van der Waals surface area (Å²) >= 11 is 12.5. The smallest absolute Gasteiger partial charge is 0.316 e. The number of fused-ring (bicyclic) bond motifs is 3. The van der Waals surface area contributed by atoms with Gasteiger partial charge in [-0.05, 0) is 66.9 Å². The highest BCUT2D eigenvalue weighted by molar-refractivity contribution is 6.39. The highest BCUT2D eigenvalue weighted by atomic mass is 35.5. The minimum Gasteiger partial charge on any atom is -0.316 e. The van der Waals surface area contributed by atoms with Gasteiger partial charge in [-0.1, -0.05) is 53.5 Å². The molecule has 3 aromatic carbocycles. The van der Waals surface area contributed by atoms with Crippen molar-refractivity contribution in [1.29, 1.82) is 0 Å². The maximum atomic E-state index is 14.1. The van der Waals surface area contributed by atoms with Gasteiger partial charge < -0.3 is 14.8 Å². The van der Waals surface area contributed by atoms with Crippen molar-refractivity contribution in [3.63, 3.8) is 0 Å². The molecule has 6 nitrogen and oxygen atoms in total. The Kier molecular flexibility index (Phi) is 6.33. The van der Waals surface area contributed by atoms with Crippen LogP contribution < -0.4 is 10.2 Å². The predicted molar refractivity (Wildman–Crippen MR) is 147 cm³/mol. The third-order valence-electron chi connectivity index (χ3n) is 6.92. The van der Waals surface area contributed by atoms with Crippen LogP contribution in [-0.4, -0.2) is 34.0 Å². The highest BCUT2D eigenvalue weighted by Crippen LogP contribution is 2.42. The van der Waals surface area contributed by atoms with Crippen molar-refractivity contribution in [2.75, 3.05) is 16.8 Å². The molecule has 1 atom stereocenters. The van der Waals surface area contributed by atoms with Gasteiger partial charge in [0.1, 0.15) is 18.4 Å². The van der Waals surface area contributed by atoms with E-state index in [1.807, 2.05) is 47.2 Å². The average molecular weight is 549 g/mol. The molecule has 9 heteroatoms. The zero-order valence-electron chi connectivity index (χ0n) is 20.2. The second-order valence-electron chi connectivity index (χ2n) is 9.40. The van der Waals surface area contributed by atoms with Crippen molar-refractivity contribution < 1.29 is 14.0 Å². The molecular formula is C29H23Cl2FN4O2. The van der Waals surface area contributed by atoms with E-state index in [4.69, 9.17) is 23.2 Å². The number of para-hydroxylation sites is 3. The minimum atomic E-state index is -0.505. The lowest BCUT2D eigenvalue weighted by Gasteiger charge is -2.39. The molecular weight excluding hydrogens is 526 g/mol. The first-order valence-electron chi connectivity index (χ1n) is 12.3. The summed E-state index contributed by atoms with van der Waals surface area (Å²) in [5.41, 5.74) is 3.50. The number of aromatic nitrogens is 1. The van der Waals surface area contributed by atoms with Crippen LogP contribution >= 0.6 is 23.2 Å². The predicted octanol–water partition coefficient (Wildman–Crippen LogP) is 7.06. The summed E-state index contributed by atoms with van der Waals surface area (Å²) in [6.07, 6.45) is 3.55. The van der Waals surface area contributed by atoms with Gasteiger partial charge in [0.15, 0.2) is 0 Å². The molecule has 38 heavy (non-hydrogen) atoms. The first kappa shape index (κ1) is 24.5. The summed E-state index contributed by atoms with van der Waals surface area (Å²) in [5.74, 6) is -0.612. The number of halogens is 3. The fourth-order valence-corrected chi connectivity index (χ4v) is 5.49. The molecule has 4 aromatic rings. The Labute approximate surface area is 229 Å². The molecule has 0 radical (unpaired) electrons. The molecule has 1 saturated carbocycles. The number of rotatable bonds is 5. The average Bonchev–Trinajstić information content (AvgIpc) is 3.64. The third kappa shape index (κ3) is 4.42. The van der Waals surface area contributed by atoms with Crippen molar-refractivity contribution in [1.82, 2.24) is 9.47 Å². The summed E-state index contributed by atoms with van der Waals surface area (Å²) < 4.78 is 15.9. The van der Waals surface area contributed by atoms with Crippen LogP contribution in [0.3, 0.4) is 0 Å². The van der Waals surface area contributed by atoms with E-state index in [1.165, 1.54) is 12.1 Å². The van der Waals surface area contributed by atoms with Crippen molar-refractivity contribution in [2.24, 2.45) is 0 Å². The molecule has 0 bridgehead atoms. The molecule has 2 aliphatic rings. The fourth-order valence-electron chi connectivity index (χ4n) is 4.99. The molecule has 0 spiro atoms. The molecule has 0 saturated heterocycles. The van der Waals surface area contributed by atoms with E-state index in [2.05, 4.69) is 5.32 Å². The first-order chi connectivity index (χ1) is 18.4. The largest absolute Gasteiger partial charge is 0.322 e. The number of carbonyl (C=O) groups excluding carboxylic acids is 2. The lowest BCUT2D eigenvalue weighted by Crippen LogP contribution is -2.48. The highest BCUT2D eigenvalue weighted by Gasteiger charge is 2.40. The normalized spacial score (nSPS) is 16.0. The second kappa shape index (κ2) is 9.82. The Hall–Kier alpha value is -3.81. The van der Waals surface area contributed by atoms with Gasteiger partial charge in [-0.25, -0.2) is 9.18 Å². The number of anilines is 2. The Morgan fingerprint density at radius 1 is 0.895 bits per heavy atom. The molecule has 1 fully saturated rings. The van der Waals surface area contributed by atoms with Crippen molar-refractivity contribution in [3.8, 4) is 5.69 Å². The lowest BCUT2D eigenvalue weighted by atomic mass is 9.97. The number of benzene rings is 3. The molecule has 1 N–H and O–H groups in total. The zero-order valence-corrected chi connectivity index (χ0v) is 21.7. The molecule has 1 unspecified atom stereocenters. The summed E-state index contributed by atoms with van der Waals surface area (Å²) in [7, 11) is 0. The maximum absolute atomic E-state index is 14.1. The van der Waals surface area contributed by atoms with Gasteiger partial charge in [0.25, 0.3) is 0 Å². The molecule has 1 aliphatic heterocycles. The molecule has 1 aliphatic carbocycles.